The summed E-state index contributed by atoms with van der Waals surface area (Å²) < 4.78 is 16.1. The second kappa shape index (κ2) is 8.56. The van der Waals surface area contributed by atoms with Crippen LogP contribution in [0, 0.1) is 20.8 Å². The number of para-hydroxylation sites is 1. The zero-order valence-corrected chi connectivity index (χ0v) is 16.4. The van der Waals surface area contributed by atoms with Crippen molar-refractivity contribution >= 4 is 11.7 Å². The number of amides is 1. The van der Waals surface area contributed by atoms with Gasteiger partial charge in [-0.05, 0) is 72.9 Å². The van der Waals surface area contributed by atoms with Crippen molar-refractivity contribution in [3.05, 3.63) is 53.1 Å². The molecule has 1 aromatic heterocycles. The Balaban J connectivity index is 1.70. The van der Waals surface area contributed by atoms with Gasteiger partial charge >= 0.3 is 0 Å². The second-order valence-electron chi connectivity index (χ2n) is 6.43. The van der Waals surface area contributed by atoms with Crippen LogP contribution in [0.4, 0.5) is 5.82 Å². The molecule has 3 aromatic rings. The average molecular weight is 381 g/mol. The minimum absolute atomic E-state index is 0.139. The molecule has 1 amide bonds. The Morgan fingerprint density at radius 2 is 1.79 bits per heavy atom. The lowest BCUT2D eigenvalue weighted by Crippen LogP contribution is -2.21. The maximum atomic E-state index is 12.3. The van der Waals surface area contributed by atoms with Crippen LogP contribution in [-0.4, -0.2) is 29.4 Å². The lowest BCUT2D eigenvalue weighted by Gasteiger charge is -2.11. The molecular formula is C21H23N3O4. The van der Waals surface area contributed by atoms with Crippen molar-refractivity contribution in [1.29, 1.82) is 0 Å². The summed E-state index contributed by atoms with van der Waals surface area (Å²) in [5.74, 6) is 1.41. The summed E-state index contributed by atoms with van der Waals surface area (Å²) >= 11 is 0. The second-order valence-corrected chi connectivity index (χ2v) is 6.43. The lowest BCUT2D eigenvalue weighted by atomic mass is 10.1. The standard InChI is InChI=1S/C21H23N3O4/c1-5-26-17-10-9-16(11-15(17)4)19-21(24-28-23-19)22-18(25)12-27-20-13(2)7-6-8-14(20)3/h6-11H,5,12H2,1-4H3,(H,22,24,25). The number of aromatic nitrogens is 2. The SMILES string of the molecule is CCOc1ccc(-c2nonc2NC(=O)COc2c(C)cccc2C)cc1C. The number of hydrogen-bond acceptors (Lipinski definition) is 6. The van der Waals surface area contributed by atoms with Gasteiger partial charge in [0.15, 0.2) is 12.3 Å². The van der Waals surface area contributed by atoms with Gasteiger partial charge in [0, 0.05) is 5.56 Å². The number of ether oxygens (including phenoxy) is 2. The molecule has 0 radical (unpaired) electrons. The van der Waals surface area contributed by atoms with Gasteiger partial charge in [-0.25, -0.2) is 4.63 Å². The summed E-state index contributed by atoms with van der Waals surface area (Å²) in [5.41, 5.74) is 4.13. The third-order valence-corrected chi connectivity index (χ3v) is 4.25. The Morgan fingerprint density at radius 3 is 2.46 bits per heavy atom. The number of aryl methyl sites for hydroxylation is 3. The van der Waals surface area contributed by atoms with Crippen LogP contribution in [0.25, 0.3) is 11.3 Å². The maximum absolute atomic E-state index is 12.3. The van der Waals surface area contributed by atoms with E-state index in [9.17, 15) is 4.79 Å². The van der Waals surface area contributed by atoms with E-state index in [1.54, 1.807) is 0 Å². The molecule has 2 aromatic carbocycles. The van der Waals surface area contributed by atoms with Crippen molar-refractivity contribution in [1.82, 2.24) is 10.3 Å². The molecule has 0 fully saturated rings. The van der Waals surface area contributed by atoms with Gasteiger partial charge < -0.3 is 14.8 Å². The van der Waals surface area contributed by atoms with E-state index in [2.05, 4.69) is 15.6 Å². The molecule has 7 nitrogen and oxygen atoms in total. The number of nitrogens with zero attached hydrogens (tertiary/aromatic N) is 2. The van der Waals surface area contributed by atoms with Gasteiger partial charge in [0.2, 0.25) is 5.82 Å². The molecule has 146 valence electrons. The summed E-state index contributed by atoms with van der Waals surface area (Å²) in [6.45, 7) is 8.21. The van der Waals surface area contributed by atoms with Crippen molar-refractivity contribution < 1.29 is 18.9 Å². The normalized spacial score (nSPS) is 10.6. The molecule has 0 aliphatic carbocycles. The first-order chi connectivity index (χ1) is 13.5. The van der Waals surface area contributed by atoms with Gasteiger partial charge in [0.25, 0.3) is 5.91 Å². The first-order valence-electron chi connectivity index (χ1n) is 9.04. The largest absolute Gasteiger partial charge is 0.494 e. The van der Waals surface area contributed by atoms with E-state index in [0.717, 1.165) is 28.0 Å². The molecule has 3 rings (SSSR count). The van der Waals surface area contributed by atoms with E-state index in [1.807, 2.05) is 64.1 Å². The fourth-order valence-electron chi connectivity index (χ4n) is 2.91. The van der Waals surface area contributed by atoms with E-state index in [0.29, 0.717) is 18.1 Å². The monoisotopic (exact) mass is 381 g/mol. The van der Waals surface area contributed by atoms with Crippen LogP contribution < -0.4 is 14.8 Å². The van der Waals surface area contributed by atoms with Crippen LogP contribution in [0.3, 0.4) is 0 Å². The van der Waals surface area contributed by atoms with Crippen molar-refractivity contribution in [2.45, 2.75) is 27.7 Å². The van der Waals surface area contributed by atoms with E-state index >= 15 is 0 Å². The molecule has 0 aliphatic rings. The molecule has 7 heteroatoms. The Kier molecular flexibility index (Phi) is 5.93. The van der Waals surface area contributed by atoms with Crippen LogP contribution in [-0.2, 0) is 4.79 Å². The van der Waals surface area contributed by atoms with Gasteiger partial charge in [0.1, 0.15) is 11.5 Å². The van der Waals surface area contributed by atoms with Crippen molar-refractivity contribution in [2.75, 3.05) is 18.5 Å². The van der Waals surface area contributed by atoms with Crippen LogP contribution in [0.2, 0.25) is 0 Å². The van der Waals surface area contributed by atoms with Crippen molar-refractivity contribution in [2.24, 2.45) is 0 Å². The Labute approximate surface area is 163 Å². The Hall–Kier alpha value is -3.35. The van der Waals surface area contributed by atoms with Gasteiger partial charge in [-0.3, -0.25) is 4.79 Å². The van der Waals surface area contributed by atoms with E-state index in [4.69, 9.17) is 14.1 Å². The third kappa shape index (κ3) is 4.31. The molecule has 1 N–H and O–H groups in total. The fourth-order valence-corrected chi connectivity index (χ4v) is 2.91. The molecule has 0 bridgehead atoms. The average Bonchev–Trinajstić information content (AvgIpc) is 3.11. The molecule has 0 spiro atoms. The first-order valence-corrected chi connectivity index (χ1v) is 9.04. The Bertz CT molecular complexity index is 961. The molecule has 1 heterocycles. The topological polar surface area (TPSA) is 86.5 Å². The number of carbonyl (C=O) groups is 1. The van der Waals surface area contributed by atoms with Gasteiger partial charge in [0.05, 0.1) is 6.61 Å². The smallest absolute Gasteiger partial charge is 0.263 e. The predicted octanol–water partition coefficient (Wildman–Crippen LogP) is 4.08. The highest BCUT2D eigenvalue weighted by Gasteiger charge is 2.17. The summed E-state index contributed by atoms with van der Waals surface area (Å²) in [4.78, 5) is 12.3. The van der Waals surface area contributed by atoms with Crippen LogP contribution in [0.1, 0.15) is 23.6 Å². The molecule has 0 saturated carbocycles. The number of anilines is 1. The number of rotatable bonds is 7. The highest BCUT2D eigenvalue weighted by atomic mass is 16.6. The van der Waals surface area contributed by atoms with Crippen LogP contribution in [0.5, 0.6) is 11.5 Å². The quantitative estimate of drug-likeness (QED) is 0.664. The Morgan fingerprint density at radius 1 is 1.04 bits per heavy atom. The molecular weight excluding hydrogens is 358 g/mol. The summed E-state index contributed by atoms with van der Waals surface area (Å²) in [7, 11) is 0. The minimum Gasteiger partial charge on any atom is -0.494 e. The van der Waals surface area contributed by atoms with E-state index < -0.39 is 0 Å². The van der Waals surface area contributed by atoms with E-state index in [1.165, 1.54) is 0 Å². The highest BCUT2D eigenvalue weighted by molar-refractivity contribution is 5.94. The van der Waals surface area contributed by atoms with Crippen LogP contribution >= 0.6 is 0 Å². The number of benzene rings is 2. The van der Waals surface area contributed by atoms with Crippen molar-refractivity contribution in [3.63, 3.8) is 0 Å². The molecule has 0 saturated heterocycles. The summed E-state index contributed by atoms with van der Waals surface area (Å²) in [6, 6.07) is 11.4. The van der Waals surface area contributed by atoms with Crippen molar-refractivity contribution in [3.8, 4) is 22.8 Å². The third-order valence-electron chi connectivity index (χ3n) is 4.25. The molecule has 0 atom stereocenters. The van der Waals surface area contributed by atoms with E-state index in [-0.39, 0.29) is 18.3 Å². The van der Waals surface area contributed by atoms with Crippen LogP contribution in [0.15, 0.2) is 41.0 Å². The fraction of sp³-hybridized carbons (Fsp3) is 0.286. The maximum Gasteiger partial charge on any atom is 0.263 e. The zero-order valence-electron chi connectivity index (χ0n) is 16.4. The summed E-state index contributed by atoms with van der Waals surface area (Å²) in [6.07, 6.45) is 0. The van der Waals surface area contributed by atoms with Gasteiger partial charge in [-0.1, -0.05) is 18.2 Å². The molecule has 0 aliphatic heterocycles. The zero-order chi connectivity index (χ0) is 20.1. The predicted molar refractivity (Wildman–Crippen MR) is 106 cm³/mol. The van der Waals surface area contributed by atoms with Gasteiger partial charge in [-0.15, -0.1) is 0 Å². The van der Waals surface area contributed by atoms with Gasteiger partial charge in [-0.2, -0.15) is 0 Å². The number of carbonyl (C=O) groups excluding carboxylic acids is 1. The molecule has 28 heavy (non-hydrogen) atoms. The summed E-state index contributed by atoms with van der Waals surface area (Å²) in [5, 5.41) is 10.4. The lowest BCUT2D eigenvalue weighted by molar-refractivity contribution is -0.118. The first kappa shape index (κ1) is 19.4. The molecule has 0 unspecified atom stereocenters. The number of nitrogens with one attached hydrogen (secondary N) is 1. The number of hydrogen-bond donors (Lipinski definition) is 1. The highest BCUT2D eigenvalue weighted by Crippen LogP contribution is 2.29. The minimum atomic E-state index is -0.345.